The van der Waals surface area contributed by atoms with E-state index in [2.05, 4.69) is 61.5 Å². The summed E-state index contributed by atoms with van der Waals surface area (Å²) in [5, 5.41) is 13.7. The van der Waals surface area contributed by atoms with Crippen LogP contribution in [0.15, 0.2) is 54.6 Å². The minimum Gasteiger partial charge on any atom is -0.489 e. The third-order valence-electron chi connectivity index (χ3n) is 7.05. The van der Waals surface area contributed by atoms with Gasteiger partial charge in [0.15, 0.2) is 0 Å². The summed E-state index contributed by atoms with van der Waals surface area (Å²) in [6, 6.07) is 19.4. The molecule has 0 aliphatic carbocycles. The predicted molar refractivity (Wildman–Crippen MR) is 148 cm³/mol. The van der Waals surface area contributed by atoms with Crippen LogP contribution in [0.25, 0.3) is 21.5 Å². The summed E-state index contributed by atoms with van der Waals surface area (Å²) in [5.41, 5.74) is 0. The number of hydrogen-bond acceptors (Lipinski definition) is 2. The molecule has 3 rings (SSSR count). The standard InChI is InChI=1S/C32H44O3/c1-2-3-4-5-6-8-11-20-28(21-12-9-7-10-13-24-31(33)34)35-32-29-22-16-14-18-26(29)25-27-19-15-17-23-30(27)32/h14-19,22-23,25,28H,2-13,20-21,24H2,1H3,(H,33,34). The molecule has 0 spiro atoms. The number of ether oxygens (including phenoxy) is 1. The Kier molecular flexibility index (Phi) is 11.9. The number of rotatable bonds is 18. The quantitative estimate of drug-likeness (QED) is 0.147. The molecule has 0 bridgehead atoms. The van der Waals surface area contributed by atoms with E-state index in [0.717, 1.165) is 50.7 Å². The van der Waals surface area contributed by atoms with Crippen LogP contribution in [-0.4, -0.2) is 17.2 Å². The van der Waals surface area contributed by atoms with Crippen LogP contribution in [0.1, 0.15) is 103 Å². The van der Waals surface area contributed by atoms with Crippen LogP contribution in [0.2, 0.25) is 0 Å². The molecule has 190 valence electrons. The van der Waals surface area contributed by atoms with Gasteiger partial charge in [-0.05, 0) is 48.9 Å². The second-order valence-electron chi connectivity index (χ2n) is 10.00. The van der Waals surface area contributed by atoms with Gasteiger partial charge in [0, 0.05) is 17.2 Å². The van der Waals surface area contributed by atoms with Crippen LogP contribution in [0.5, 0.6) is 5.75 Å². The molecule has 0 heterocycles. The summed E-state index contributed by atoms with van der Waals surface area (Å²) < 4.78 is 6.87. The number of unbranched alkanes of at least 4 members (excludes halogenated alkanes) is 10. The monoisotopic (exact) mass is 476 g/mol. The van der Waals surface area contributed by atoms with Gasteiger partial charge in [0.2, 0.25) is 0 Å². The van der Waals surface area contributed by atoms with Crippen molar-refractivity contribution in [3.05, 3.63) is 54.6 Å². The number of hydrogen-bond donors (Lipinski definition) is 1. The highest BCUT2D eigenvalue weighted by atomic mass is 16.5. The van der Waals surface area contributed by atoms with E-state index in [1.54, 1.807) is 0 Å². The van der Waals surface area contributed by atoms with Crippen LogP contribution >= 0.6 is 0 Å². The summed E-state index contributed by atoms with van der Waals surface area (Å²) in [6.45, 7) is 2.27. The van der Waals surface area contributed by atoms with E-state index < -0.39 is 5.97 Å². The Hall–Kier alpha value is -2.55. The average molecular weight is 477 g/mol. The van der Waals surface area contributed by atoms with Gasteiger partial charge in [0.05, 0.1) is 6.10 Å². The summed E-state index contributed by atoms with van der Waals surface area (Å²) in [5.74, 6) is 0.351. The van der Waals surface area contributed by atoms with E-state index in [4.69, 9.17) is 9.84 Å². The Morgan fingerprint density at radius 1 is 0.714 bits per heavy atom. The van der Waals surface area contributed by atoms with Gasteiger partial charge >= 0.3 is 5.97 Å². The molecule has 3 nitrogen and oxygen atoms in total. The SMILES string of the molecule is CCCCCCCCCC(CCCCCCCC(=O)O)Oc1c2ccccc2cc2ccccc12. The lowest BCUT2D eigenvalue weighted by Crippen LogP contribution is -2.17. The molecule has 0 saturated carbocycles. The van der Waals surface area contributed by atoms with E-state index in [1.165, 1.54) is 66.5 Å². The molecular formula is C32H44O3. The smallest absolute Gasteiger partial charge is 0.303 e. The van der Waals surface area contributed by atoms with Gasteiger partial charge in [0.1, 0.15) is 5.75 Å². The topological polar surface area (TPSA) is 46.5 Å². The third kappa shape index (κ3) is 9.20. The highest BCUT2D eigenvalue weighted by Gasteiger charge is 2.15. The molecule has 0 aliphatic heterocycles. The molecule has 0 amide bonds. The van der Waals surface area contributed by atoms with Crippen molar-refractivity contribution in [3.8, 4) is 5.75 Å². The van der Waals surface area contributed by atoms with Crippen LogP contribution in [-0.2, 0) is 4.79 Å². The van der Waals surface area contributed by atoms with Crippen LogP contribution in [0, 0.1) is 0 Å². The number of aliphatic carboxylic acids is 1. The Morgan fingerprint density at radius 2 is 1.20 bits per heavy atom. The van der Waals surface area contributed by atoms with Gasteiger partial charge in [-0.15, -0.1) is 0 Å². The molecule has 3 heteroatoms. The minimum atomic E-state index is -0.685. The van der Waals surface area contributed by atoms with E-state index in [9.17, 15) is 4.79 Å². The van der Waals surface area contributed by atoms with Gasteiger partial charge in [-0.3, -0.25) is 4.79 Å². The molecule has 1 unspecified atom stereocenters. The Morgan fingerprint density at radius 3 is 1.74 bits per heavy atom. The number of fused-ring (bicyclic) bond motifs is 2. The second-order valence-corrected chi connectivity index (χ2v) is 10.00. The maximum atomic E-state index is 10.7. The van der Waals surface area contributed by atoms with E-state index in [1.807, 2.05) is 0 Å². The van der Waals surface area contributed by atoms with Crippen molar-refractivity contribution in [2.75, 3.05) is 0 Å². The summed E-state index contributed by atoms with van der Waals surface area (Å²) >= 11 is 0. The molecule has 1 atom stereocenters. The zero-order valence-corrected chi connectivity index (χ0v) is 21.6. The third-order valence-corrected chi connectivity index (χ3v) is 7.05. The lowest BCUT2D eigenvalue weighted by Gasteiger charge is -2.22. The van der Waals surface area contributed by atoms with Gasteiger partial charge in [0.25, 0.3) is 0 Å². The van der Waals surface area contributed by atoms with Crippen molar-refractivity contribution < 1.29 is 14.6 Å². The molecule has 0 aliphatic rings. The Labute approximate surface area is 211 Å². The fraction of sp³-hybridized carbons (Fsp3) is 0.531. The highest BCUT2D eigenvalue weighted by Crippen LogP contribution is 2.36. The molecular weight excluding hydrogens is 432 g/mol. The van der Waals surface area contributed by atoms with Crippen molar-refractivity contribution in [2.45, 2.75) is 109 Å². The average Bonchev–Trinajstić information content (AvgIpc) is 2.86. The highest BCUT2D eigenvalue weighted by molar-refractivity contribution is 6.05. The lowest BCUT2D eigenvalue weighted by molar-refractivity contribution is -0.137. The van der Waals surface area contributed by atoms with Gasteiger partial charge in [-0.2, -0.15) is 0 Å². The zero-order chi connectivity index (χ0) is 24.7. The maximum Gasteiger partial charge on any atom is 0.303 e. The fourth-order valence-corrected chi connectivity index (χ4v) is 5.04. The first-order valence-corrected chi connectivity index (χ1v) is 14.0. The Balaban J connectivity index is 1.63. The molecule has 0 radical (unpaired) electrons. The van der Waals surface area contributed by atoms with Crippen LogP contribution in [0.3, 0.4) is 0 Å². The largest absolute Gasteiger partial charge is 0.489 e. The van der Waals surface area contributed by atoms with Gasteiger partial charge in [-0.25, -0.2) is 0 Å². The maximum absolute atomic E-state index is 10.7. The number of carbonyl (C=O) groups is 1. The second kappa shape index (κ2) is 15.4. The molecule has 3 aromatic carbocycles. The Bertz CT molecular complexity index is 972. The van der Waals surface area contributed by atoms with Crippen LogP contribution in [0.4, 0.5) is 0 Å². The van der Waals surface area contributed by atoms with E-state index in [0.29, 0.717) is 0 Å². The van der Waals surface area contributed by atoms with Gasteiger partial charge in [-0.1, -0.05) is 113 Å². The summed E-state index contributed by atoms with van der Waals surface area (Å²) in [6.07, 6.45) is 17.0. The number of carboxylic acid groups (broad SMARTS) is 1. The molecule has 0 fully saturated rings. The van der Waals surface area contributed by atoms with Gasteiger partial charge < -0.3 is 9.84 Å². The van der Waals surface area contributed by atoms with E-state index >= 15 is 0 Å². The van der Waals surface area contributed by atoms with Crippen molar-refractivity contribution in [3.63, 3.8) is 0 Å². The normalized spacial score (nSPS) is 12.3. The number of carboxylic acids is 1. The fourth-order valence-electron chi connectivity index (χ4n) is 5.04. The first kappa shape index (κ1) is 27.0. The molecule has 3 aromatic rings. The lowest BCUT2D eigenvalue weighted by atomic mass is 10.00. The summed E-state index contributed by atoms with van der Waals surface area (Å²) in [7, 11) is 0. The van der Waals surface area contributed by atoms with Crippen molar-refractivity contribution in [2.24, 2.45) is 0 Å². The molecule has 0 aromatic heterocycles. The zero-order valence-electron chi connectivity index (χ0n) is 21.6. The van der Waals surface area contributed by atoms with Crippen molar-refractivity contribution in [1.82, 2.24) is 0 Å². The van der Waals surface area contributed by atoms with Crippen LogP contribution < -0.4 is 4.74 Å². The van der Waals surface area contributed by atoms with Crippen molar-refractivity contribution in [1.29, 1.82) is 0 Å². The minimum absolute atomic E-state index is 0.221. The first-order valence-electron chi connectivity index (χ1n) is 14.0. The van der Waals surface area contributed by atoms with Crippen molar-refractivity contribution >= 4 is 27.5 Å². The summed E-state index contributed by atoms with van der Waals surface area (Å²) in [4.78, 5) is 10.7. The molecule has 35 heavy (non-hydrogen) atoms. The number of benzene rings is 3. The first-order chi connectivity index (χ1) is 17.2. The van der Waals surface area contributed by atoms with E-state index in [-0.39, 0.29) is 12.5 Å². The predicted octanol–water partition coefficient (Wildman–Crippen LogP) is 9.70. The molecule has 1 N–H and O–H groups in total. The molecule has 0 saturated heterocycles.